The van der Waals surface area contributed by atoms with E-state index in [1.165, 1.54) is 13.8 Å². The minimum atomic E-state index is -5.78. The number of nitriles is 1. The first kappa shape index (κ1) is 98.5. The van der Waals surface area contributed by atoms with Crippen molar-refractivity contribution in [2.24, 2.45) is 47.3 Å². The normalized spacial score (nSPS) is 12.6. The second kappa shape index (κ2) is 48.1. The number of hydrogen-bond acceptors (Lipinski definition) is 12. The van der Waals surface area contributed by atoms with Gasteiger partial charge >= 0.3 is 31.3 Å². The third-order valence-electron chi connectivity index (χ3n) is 10.5. The Labute approximate surface area is 517 Å². The molecule has 504 valence electrons. The fourth-order valence-corrected chi connectivity index (χ4v) is 7.57. The van der Waals surface area contributed by atoms with Crippen molar-refractivity contribution in [3.8, 4) is 6.07 Å². The van der Waals surface area contributed by atoms with Crippen LogP contribution < -0.4 is 0 Å². The van der Waals surface area contributed by atoms with E-state index in [1.54, 1.807) is 58.6 Å². The van der Waals surface area contributed by atoms with Crippen molar-refractivity contribution in [2.75, 3.05) is 26.5 Å². The Hall–Kier alpha value is -2.76. The molecule has 0 aliphatic heterocycles. The molecule has 0 heterocycles. The topological polar surface area (TPSA) is 188 Å². The zero-order chi connectivity index (χ0) is 68.9. The lowest BCUT2D eigenvalue weighted by molar-refractivity contribution is -0.270. The molecule has 0 saturated carbocycles. The van der Waals surface area contributed by atoms with E-state index in [0.717, 1.165) is 33.6 Å². The van der Waals surface area contributed by atoms with E-state index < -0.39 is 74.4 Å². The molecule has 0 aliphatic carbocycles. The van der Waals surface area contributed by atoms with Crippen molar-refractivity contribution in [1.29, 1.82) is 5.26 Å². The molecule has 85 heavy (non-hydrogen) atoms. The molecule has 0 N–H and O–H groups in total. The van der Waals surface area contributed by atoms with E-state index in [2.05, 4.69) is 18.5 Å². The fourth-order valence-electron chi connectivity index (χ4n) is 4.67. The summed E-state index contributed by atoms with van der Waals surface area (Å²) in [6.45, 7) is 40.5. The third-order valence-corrected chi connectivity index (χ3v) is 16.3. The second-order valence-electron chi connectivity index (χ2n) is 21.3. The number of carbonyl (C=O) groups is 6. The molecule has 0 aromatic heterocycles. The molecule has 27 heteroatoms. The van der Waals surface area contributed by atoms with Crippen molar-refractivity contribution in [2.45, 2.75) is 220 Å². The van der Waals surface area contributed by atoms with Crippen LogP contribution in [-0.2, 0) is 46.7 Å². The van der Waals surface area contributed by atoms with E-state index in [9.17, 15) is 81.8 Å². The molecule has 0 saturated heterocycles. The van der Waals surface area contributed by atoms with Gasteiger partial charge in [0.25, 0.3) is 0 Å². The Morgan fingerprint density at radius 1 is 0.588 bits per heavy atom. The van der Waals surface area contributed by atoms with E-state index >= 15 is 0 Å². The van der Waals surface area contributed by atoms with Crippen molar-refractivity contribution in [3.05, 3.63) is 33.8 Å². The highest BCUT2D eigenvalue weighted by Crippen LogP contribution is 2.52. The Bertz CT molecular complexity index is 2170. The molecule has 0 fully saturated rings. The van der Waals surface area contributed by atoms with Crippen LogP contribution in [0.25, 0.3) is 0 Å². The molecule has 0 radical (unpaired) electrons. The lowest BCUT2D eigenvalue weighted by atomic mass is 9.98. The highest BCUT2D eigenvalue weighted by molar-refractivity contribution is 7.58. The molecular weight excluding hydrogens is 1240 g/mol. The molecule has 12 nitrogen and oxygen atoms in total. The van der Waals surface area contributed by atoms with Gasteiger partial charge in [-0.15, -0.1) is 0 Å². The minimum Gasteiger partial charge on any atom is -0.328 e. The molecule has 0 bridgehead atoms. The quantitative estimate of drug-likeness (QED) is 0.0332. The van der Waals surface area contributed by atoms with Gasteiger partial charge in [0.1, 0.15) is 17.3 Å². The number of halogens is 13. The van der Waals surface area contributed by atoms with Crippen LogP contribution >= 0.6 is 49.8 Å². The standard InChI is InChI=1S/C10H10Cl2O.C8H13F3O.C8H19O2P.C7H17O3P.C7H14O.C6H7F5O.C6H9NO.C5H7ClF2O.CH4/c1-6(2)10(13)8-4-3-7(11)5-9(8)12;1-5(2)7(12)4-6(3)8(9,10)11;1-5-6-7-10-11(4,9)8(2)3;1-5-9-11(8,7(3)4)10-6-2;1-5(2)7(8)6(3)4;1-3(2)4(12)5(7,8)6(9,10)11;1-5(2)6(8)3-4-7;1-3(2)4(9)5(6,7)8;/h3-6H,1-2H3;5-6H,4H2,1-3H3;8H,5-7H2,1-4H3;7H,5-6H2,1-4H3;5-6H,1-4H3;3H,1-2H3;5H,3H2,1-2H3;3H,1-2H3;1H4. The van der Waals surface area contributed by atoms with Crippen LogP contribution in [0.3, 0.4) is 0 Å². The van der Waals surface area contributed by atoms with Gasteiger partial charge in [-0.25, -0.2) is 0 Å². The van der Waals surface area contributed by atoms with E-state index in [0.29, 0.717) is 41.2 Å². The highest BCUT2D eigenvalue weighted by atomic mass is 35.5. The van der Waals surface area contributed by atoms with E-state index in [1.807, 2.05) is 83.1 Å². The third kappa shape index (κ3) is 48.8. The Morgan fingerprint density at radius 3 is 1.19 bits per heavy atom. The van der Waals surface area contributed by atoms with Crippen LogP contribution in [0.2, 0.25) is 10.0 Å². The van der Waals surface area contributed by atoms with Gasteiger partial charge in [0.15, 0.2) is 5.78 Å². The first-order chi connectivity index (χ1) is 37.5. The molecule has 1 rings (SSSR count). The molecule has 0 amide bonds. The zero-order valence-corrected chi connectivity index (χ0v) is 57.3. The van der Waals surface area contributed by atoms with Gasteiger partial charge in [0, 0.05) is 70.8 Å². The van der Waals surface area contributed by atoms with Crippen LogP contribution in [0.4, 0.5) is 43.9 Å². The van der Waals surface area contributed by atoms with Gasteiger partial charge < -0.3 is 13.6 Å². The number of benzene rings is 1. The summed E-state index contributed by atoms with van der Waals surface area (Å²) in [4.78, 5) is 64.4. The molecule has 2 atom stereocenters. The van der Waals surface area contributed by atoms with Crippen LogP contribution in [-0.4, -0.2) is 96.2 Å². The second-order valence-corrected chi connectivity index (χ2v) is 28.4. The lowest BCUT2D eigenvalue weighted by Gasteiger charge is -2.19. The Balaban J connectivity index is -0.000000133. The lowest BCUT2D eigenvalue weighted by Crippen LogP contribution is -2.46. The van der Waals surface area contributed by atoms with E-state index in [-0.39, 0.29) is 72.1 Å². The summed E-state index contributed by atoms with van der Waals surface area (Å²) < 4.78 is 157. The highest BCUT2D eigenvalue weighted by Gasteiger charge is 2.63. The monoisotopic (exact) mass is 1340 g/mol. The zero-order valence-electron chi connectivity index (χ0n) is 53.2. The van der Waals surface area contributed by atoms with Crippen molar-refractivity contribution in [3.63, 3.8) is 0 Å². The number of nitrogens with zero attached hydrogens (tertiary/aromatic N) is 1. The molecule has 1 aromatic rings. The fraction of sp³-hybridized carbons (Fsp3) is 0.776. The van der Waals surface area contributed by atoms with Gasteiger partial charge in [-0.1, -0.05) is 176 Å². The molecule has 0 aliphatic rings. The molecule has 2 unspecified atom stereocenters. The maximum absolute atomic E-state index is 12.1. The van der Waals surface area contributed by atoms with Gasteiger partial charge in [-0.05, 0) is 50.1 Å². The summed E-state index contributed by atoms with van der Waals surface area (Å²) in [6, 6.07) is 6.71. The summed E-state index contributed by atoms with van der Waals surface area (Å²) >= 11 is 16.0. The average Bonchev–Trinajstić information content (AvgIpc) is 3.33. The predicted molar refractivity (Wildman–Crippen MR) is 324 cm³/mol. The molecular formula is C58H100Cl3F10NO11P2. The van der Waals surface area contributed by atoms with Gasteiger partial charge in [-0.3, -0.25) is 37.9 Å². The van der Waals surface area contributed by atoms with Crippen LogP contribution in [0.1, 0.15) is 196 Å². The summed E-state index contributed by atoms with van der Waals surface area (Å²) in [5.74, 6) is -12.0. The SMILES string of the molecule is C.CC(C)C(=O)C(C)C.CC(C)C(=O)C(F)(F)C(F)(F)F.CC(C)C(=O)C(F)(F)Cl.CC(C)C(=O)CC#N.CC(C)C(=O)CC(C)C(F)(F)F.CC(C)C(=O)c1ccc(Cl)cc1Cl.CCCCOP(C)(=O)C(C)C.CCOP(=O)(OCC)C(C)C. The summed E-state index contributed by atoms with van der Waals surface area (Å²) in [5, 5.41) is 5.30. The number of hydrogen-bond donors (Lipinski definition) is 0. The van der Waals surface area contributed by atoms with Crippen molar-refractivity contribution in [1.82, 2.24) is 0 Å². The first-order valence-electron chi connectivity index (χ1n) is 27.3. The largest absolute Gasteiger partial charge is 0.461 e. The Kier molecular flexibility index (Phi) is 55.8. The predicted octanol–water partition coefficient (Wildman–Crippen LogP) is 20.5. The number of alkyl halides is 11. The molecule has 1 aromatic carbocycles. The average molecular weight is 1350 g/mol. The minimum absolute atomic E-state index is 0. The number of rotatable bonds is 23. The Morgan fingerprint density at radius 2 is 0.988 bits per heavy atom. The van der Waals surface area contributed by atoms with E-state index in [4.69, 9.17) is 42.0 Å². The van der Waals surface area contributed by atoms with Crippen LogP contribution in [0, 0.1) is 58.7 Å². The summed E-state index contributed by atoms with van der Waals surface area (Å²) in [6.07, 6.45) is -8.28. The number of Topliss-reactive ketones (excluding diaryl/α,β-unsaturated/α-hetero) is 6. The maximum atomic E-state index is 12.1. The maximum Gasteiger partial charge on any atom is 0.461 e. The van der Waals surface area contributed by atoms with Crippen molar-refractivity contribution < 1.29 is 95.4 Å². The number of unbranched alkanes of at least 4 members (excludes halogenated alkanes) is 1. The summed E-state index contributed by atoms with van der Waals surface area (Å²) in [5.41, 5.74) is 0.642. The smallest absolute Gasteiger partial charge is 0.328 e. The van der Waals surface area contributed by atoms with Gasteiger partial charge in [0.2, 0.25) is 18.9 Å². The molecule has 0 spiro atoms. The van der Waals surface area contributed by atoms with Crippen molar-refractivity contribution >= 4 is 84.5 Å². The van der Waals surface area contributed by atoms with Crippen LogP contribution in [0.5, 0.6) is 0 Å². The van der Waals surface area contributed by atoms with Gasteiger partial charge in [0.05, 0.1) is 48.9 Å². The first-order valence-corrected chi connectivity index (χ1v) is 32.1. The van der Waals surface area contributed by atoms with Gasteiger partial charge in [-0.2, -0.15) is 49.2 Å². The number of carbonyl (C=O) groups excluding carboxylic acids is 6. The summed E-state index contributed by atoms with van der Waals surface area (Å²) in [7, 11) is -5.09. The van der Waals surface area contributed by atoms with Crippen LogP contribution in [0.15, 0.2) is 18.2 Å². The number of ketones is 6.